The van der Waals surface area contributed by atoms with Crippen molar-refractivity contribution in [3.8, 4) is 0 Å². The first-order chi connectivity index (χ1) is 10.3. The van der Waals surface area contributed by atoms with Crippen LogP contribution < -0.4 is 5.14 Å². The molecule has 2 aliphatic rings. The molecule has 1 amide bonds. The van der Waals surface area contributed by atoms with Crippen LogP contribution in [0.15, 0.2) is 0 Å². The largest absolute Gasteiger partial charge is 0.342 e. The second-order valence-corrected chi connectivity index (χ2v) is 8.18. The average Bonchev–Trinajstić information content (AvgIpc) is 2.47. The van der Waals surface area contributed by atoms with Gasteiger partial charge in [0.25, 0.3) is 10.2 Å². The van der Waals surface area contributed by atoms with Gasteiger partial charge in [0.2, 0.25) is 5.91 Å². The van der Waals surface area contributed by atoms with Crippen molar-refractivity contribution >= 4 is 16.1 Å². The lowest BCUT2D eigenvalue weighted by atomic mass is 9.87. The first-order valence-corrected chi connectivity index (χ1v) is 9.53. The molecule has 1 saturated heterocycles. The van der Waals surface area contributed by atoms with Crippen LogP contribution in [0.5, 0.6) is 0 Å². The average molecular weight is 332 g/mol. The highest BCUT2D eigenvalue weighted by atomic mass is 32.2. The number of nitrogens with zero attached hydrogens (tertiary/aromatic N) is 3. The fourth-order valence-corrected chi connectivity index (χ4v) is 3.95. The van der Waals surface area contributed by atoms with Gasteiger partial charge in [0.05, 0.1) is 6.54 Å². The summed E-state index contributed by atoms with van der Waals surface area (Å²) < 4.78 is 23.8. The van der Waals surface area contributed by atoms with E-state index in [1.807, 2.05) is 16.8 Å². The normalized spacial score (nSPS) is 28.5. The van der Waals surface area contributed by atoms with E-state index in [4.69, 9.17) is 5.14 Å². The van der Waals surface area contributed by atoms with Gasteiger partial charge in [-0.15, -0.1) is 0 Å². The van der Waals surface area contributed by atoms with Crippen molar-refractivity contribution in [3.63, 3.8) is 0 Å². The second kappa shape index (κ2) is 7.25. The fraction of sp³-hybridized carbons (Fsp3) is 0.929. The Morgan fingerprint density at radius 3 is 2.18 bits per heavy atom. The summed E-state index contributed by atoms with van der Waals surface area (Å²) in [4.78, 5) is 16.3. The molecule has 8 heteroatoms. The molecule has 1 heterocycles. The van der Waals surface area contributed by atoms with Crippen molar-refractivity contribution < 1.29 is 13.2 Å². The summed E-state index contributed by atoms with van der Waals surface area (Å²) in [6.07, 6.45) is 4.55. The third-order valence-electron chi connectivity index (χ3n) is 4.98. The number of hydrogen-bond donors (Lipinski definition) is 1. The summed E-state index contributed by atoms with van der Waals surface area (Å²) in [5.41, 5.74) is 0. The third-order valence-corrected chi connectivity index (χ3v) is 6.06. The molecule has 1 saturated carbocycles. The Hall–Kier alpha value is -0.700. The zero-order valence-corrected chi connectivity index (χ0v) is 14.4. The van der Waals surface area contributed by atoms with E-state index < -0.39 is 10.2 Å². The van der Waals surface area contributed by atoms with Crippen molar-refractivity contribution in [2.24, 2.45) is 11.1 Å². The minimum Gasteiger partial charge on any atom is -0.342 e. The van der Waals surface area contributed by atoms with Gasteiger partial charge in [-0.2, -0.15) is 12.7 Å². The van der Waals surface area contributed by atoms with Gasteiger partial charge in [0, 0.05) is 39.3 Å². The lowest BCUT2D eigenvalue weighted by Crippen LogP contribution is -2.53. The van der Waals surface area contributed by atoms with Crippen LogP contribution in [0.2, 0.25) is 0 Å². The molecule has 7 nitrogen and oxygen atoms in total. The molecule has 0 bridgehead atoms. The Morgan fingerprint density at radius 2 is 1.68 bits per heavy atom. The molecule has 0 aromatic rings. The van der Waals surface area contributed by atoms with E-state index in [0.29, 0.717) is 38.8 Å². The van der Waals surface area contributed by atoms with E-state index in [9.17, 15) is 13.2 Å². The van der Waals surface area contributed by atoms with Crippen LogP contribution in [0.1, 0.15) is 32.6 Å². The van der Waals surface area contributed by atoms with Gasteiger partial charge in [0.1, 0.15) is 0 Å². The van der Waals surface area contributed by atoms with Crippen LogP contribution in [0, 0.1) is 5.92 Å². The lowest BCUT2D eigenvalue weighted by Gasteiger charge is -2.36. The van der Waals surface area contributed by atoms with Crippen molar-refractivity contribution in [2.75, 3.05) is 39.8 Å². The van der Waals surface area contributed by atoms with Crippen LogP contribution in [0.4, 0.5) is 0 Å². The highest BCUT2D eigenvalue weighted by molar-refractivity contribution is 7.86. The molecule has 0 aromatic heterocycles. The van der Waals surface area contributed by atoms with Gasteiger partial charge >= 0.3 is 0 Å². The smallest absolute Gasteiger partial charge is 0.276 e. The molecule has 22 heavy (non-hydrogen) atoms. The molecule has 2 N–H and O–H groups in total. The zero-order valence-electron chi connectivity index (χ0n) is 13.6. The third kappa shape index (κ3) is 4.65. The molecule has 2 fully saturated rings. The summed E-state index contributed by atoms with van der Waals surface area (Å²) in [5.74, 6) is 0.898. The number of hydrogen-bond acceptors (Lipinski definition) is 4. The van der Waals surface area contributed by atoms with Gasteiger partial charge in [0.15, 0.2) is 0 Å². The number of carbonyl (C=O) groups excluding carboxylic acids is 1. The van der Waals surface area contributed by atoms with Crippen molar-refractivity contribution in [3.05, 3.63) is 0 Å². The van der Waals surface area contributed by atoms with E-state index in [-0.39, 0.29) is 5.91 Å². The first-order valence-electron chi connectivity index (χ1n) is 8.03. The molecule has 1 aliphatic carbocycles. The Balaban J connectivity index is 1.78. The number of rotatable bonds is 4. The summed E-state index contributed by atoms with van der Waals surface area (Å²) in [6, 6.07) is 0.356. The van der Waals surface area contributed by atoms with E-state index in [2.05, 4.69) is 6.92 Å². The van der Waals surface area contributed by atoms with E-state index in [1.54, 1.807) is 0 Å². The van der Waals surface area contributed by atoms with Gasteiger partial charge in [-0.25, -0.2) is 5.14 Å². The zero-order chi connectivity index (χ0) is 16.3. The predicted octanol–water partition coefficient (Wildman–Crippen LogP) is -0.155. The quantitative estimate of drug-likeness (QED) is 0.775. The molecular weight excluding hydrogens is 304 g/mol. The summed E-state index contributed by atoms with van der Waals surface area (Å²) in [6.45, 7) is 4.45. The van der Waals surface area contributed by atoms with Crippen molar-refractivity contribution in [2.45, 2.75) is 38.6 Å². The number of amides is 1. The molecule has 1 aliphatic heterocycles. The SMILES string of the molecule is CC1CCC(N(C)C(=O)CN2CCN(S(N)(=O)=O)CC2)CC1. The highest BCUT2D eigenvalue weighted by Gasteiger charge is 2.28. The van der Waals surface area contributed by atoms with Crippen LogP contribution in [0.25, 0.3) is 0 Å². The van der Waals surface area contributed by atoms with Crippen LogP contribution in [0.3, 0.4) is 0 Å². The maximum absolute atomic E-state index is 12.4. The predicted molar refractivity (Wildman–Crippen MR) is 85.3 cm³/mol. The standard InChI is InChI=1S/C14H28N4O3S/c1-12-3-5-13(6-4-12)16(2)14(19)11-17-7-9-18(10-8-17)22(15,20)21/h12-13H,3-11H2,1-2H3,(H2,15,20,21). The Morgan fingerprint density at radius 1 is 1.14 bits per heavy atom. The van der Waals surface area contributed by atoms with Gasteiger partial charge in [-0.1, -0.05) is 6.92 Å². The monoisotopic (exact) mass is 332 g/mol. The maximum Gasteiger partial charge on any atom is 0.276 e. The number of likely N-dealkylation sites (N-methyl/N-ethyl adjacent to an activating group) is 1. The number of nitrogens with two attached hydrogens (primary N) is 1. The highest BCUT2D eigenvalue weighted by Crippen LogP contribution is 2.26. The van der Waals surface area contributed by atoms with Gasteiger partial charge in [-0.05, 0) is 31.6 Å². The fourth-order valence-electron chi connectivity index (χ4n) is 3.28. The number of piperazine rings is 1. The molecule has 0 aromatic carbocycles. The van der Waals surface area contributed by atoms with E-state index in [1.165, 1.54) is 17.1 Å². The van der Waals surface area contributed by atoms with E-state index >= 15 is 0 Å². The Labute approximate surface area is 133 Å². The molecule has 0 spiro atoms. The molecule has 0 radical (unpaired) electrons. The summed E-state index contributed by atoms with van der Waals surface area (Å²) in [7, 11) is -1.71. The van der Waals surface area contributed by atoms with Crippen LogP contribution in [-0.4, -0.2) is 74.2 Å². The molecule has 0 unspecified atom stereocenters. The van der Waals surface area contributed by atoms with E-state index in [0.717, 1.165) is 18.8 Å². The topological polar surface area (TPSA) is 86.9 Å². The maximum atomic E-state index is 12.4. The summed E-state index contributed by atoms with van der Waals surface area (Å²) in [5, 5.41) is 5.12. The van der Waals surface area contributed by atoms with Crippen LogP contribution >= 0.6 is 0 Å². The second-order valence-electron chi connectivity index (χ2n) is 6.64. The Kier molecular flexibility index (Phi) is 5.81. The minimum absolute atomic E-state index is 0.128. The van der Waals surface area contributed by atoms with Gasteiger partial charge < -0.3 is 4.90 Å². The van der Waals surface area contributed by atoms with Crippen molar-refractivity contribution in [1.29, 1.82) is 0 Å². The van der Waals surface area contributed by atoms with Gasteiger partial charge in [-0.3, -0.25) is 9.69 Å². The number of carbonyl (C=O) groups is 1. The molecular formula is C14H28N4O3S. The minimum atomic E-state index is -3.61. The first kappa shape index (κ1) is 17.7. The van der Waals surface area contributed by atoms with Crippen LogP contribution in [-0.2, 0) is 15.0 Å². The summed E-state index contributed by atoms with van der Waals surface area (Å²) >= 11 is 0. The Bertz CT molecular complexity index is 480. The molecule has 128 valence electrons. The molecule has 0 atom stereocenters. The van der Waals surface area contributed by atoms with Crippen molar-refractivity contribution in [1.82, 2.24) is 14.1 Å². The molecule has 2 rings (SSSR count). The lowest BCUT2D eigenvalue weighted by molar-refractivity contribution is -0.134.